The molecule has 1 aromatic rings. The number of halogens is 1. The first-order valence-corrected chi connectivity index (χ1v) is 10.4. The maximum absolute atomic E-state index is 11.8. The Hall–Kier alpha value is -0.843. The van der Waals surface area contributed by atoms with Crippen LogP contribution in [0, 0.1) is 0 Å². The van der Waals surface area contributed by atoms with E-state index in [1.807, 2.05) is 12.1 Å². The van der Waals surface area contributed by atoms with E-state index in [0.29, 0.717) is 17.2 Å². The summed E-state index contributed by atoms with van der Waals surface area (Å²) >= 11 is 6.11. The summed E-state index contributed by atoms with van der Waals surface area (Å²) in [6.07, 6.45) is -0.741. The molecule has 0 saturated carbocycles. The molecule has 0 amide bonds. The van der Waals surface area contributed by atoms with Gasteiger partial charge in [0, 0.05) is 25.3 Å². The van der Waals surface area contributed by atoms with Crippen LogP contribution in [0.25, 0.3) is 0 Å². The van der Waals surface area contributed by atoms with Crippen LogP contribution in [-0.4, -0.2) is 27.8 Å². The molecule has 5 heteroatoms. The minimum Gasteiger partial charge on any atom is -0.467 e. The molecule has 0 heterocycles. The summed E-state index contributed by atoms with van der Waals surface area (Å²) in [5.74, 6) is -0.413. The van der Waals surface area contributed by atoms with Gasteiger partial charge < -0.3 is 9.47 Å². The molecule has 0 aliphatic rings. The predicted octanol–water partition coefficient (Wildman–Crippen LogP) is 3.91. The van der Waals surface area contributed by atoms with E-state index in [2.05, 4.69) is 19.6 Å². The lowest BCUT2D eigenvalue weighted by molar-refractivity contribution is -0.154. The Morgan fingerprint density at radius 1 is 1.32 bits per heavy atom. The van der Waals surface area contributed by atoms with Crippen molar-refractivity contribution in [2.24, 2.45) is 0 Å². The van der Waals surface area contributed by atoms with E-state index in [0.717, 1.165) is 6.04 Å². The highest BCUT2D eigenvalue weighted by Gasteiger charge is 2.25. The van der Waals surface area contributed by atoms with Gasteiger partial charge in [-0.2, -0.15) is 0 Å². The van der Waals surface area contributed by atoms with Crippen LogP contribution >= 0.6 is 11.6 Å². The quantitative estimate of drug-likeness (QED) is 0.590. The van der Waals surface area contributed by atoms with Gasteiger partial charge in [0.25, 0.3) is 0 Å². The number of methoxy groups -OCH3 is 1. The van der Waals surface area contributed by atoms with E-state index in [4.69, 9.17) is 21.1 Å². The molecule has 0 aliphatic heterocycles. The first kappa shape index (κ1) is 16.2. The highest BCUT2D eigenvalue weighted by molar-refractivity contribution is 6.76. The van der Waals surface area contributed by atoms with Crippen LogP contribution < -0.4 is 0 Å². The Bertz CT molecular complexity index is 429. The maximum atomic E-state index is 11.8. The monoisotopic (exact) mass is 300 g/mol. The fraction of sp³-hybridized carbons (Fsp3) is 0.500. The van der Waals surface area contributed by atoms with Crippen molar-refractivity contribution < 1.29 is 14.3 Å². The molecule has 0 radical (unpaired) electrons. The van der Waals surface area contributed by atoms with Crippen LogP contribution in [0.4, 0.5) is 0 Å². The highest BCUT2D eigenvalue weighted by atomic mass is 35.5. The third-order valence-electron chi connectivity index (χ3n) is 2.74. The lowest BCUT2D eigenvalue weighted by atomic mass is 10.1. The average Bonchev–Trinajstić information content (AvgIpc) is 2.34. The van der Waals surface area contributed by atoms with Gasteiger partial charge in [-0.1, -0.05) is 49.4 Å². The largest absolute Gasteiger partial charge is 0.467 e. The molecular weight excluding hydrogens is 280 g/mol. The van der Waals surface area contributed by atoms with E-state index < -0.39 is 20.1 Å². The summed E-state index contributed by atoms with van der Waals surface area (Å²) in [6.45, 7) is 7.33. The fourth-order valence-electron chi connectivity index (χ4n) is 1.56. The number of hydrogen-bond acceptors (Lipinski definition) is 3. The van der Waals surface area contributed by atoms with Gasteiger partial charge in [-0.05, 0) is 12.1 Å². The van der Waals surface area contributed by atoms with Gasteiger partial charge in [0.05, 0.1) is 7.11 Å². The molecule has 0 bridgehead atoms. The number of rotatable bonds is 6. The van der Waals surface area contributed by atoms with Crippen molar-refractivity contribution in [1.82, 2.24) is 0 Å². The number of hydrogen-bond donors (Lipinski definition) is 0. The summed E-state index contributed by atoms with van der Waals surface area (Å²) in [5, 5.41) is 0.519. The zero-order chi connectivity index (χ0) is 14.5. The standard InChI is InChI=1S/C14H21ClO3Si/c1-17-14(16)13(18-9-10-19(2,3)4)11-7-5-6-8-12(11)15/h5-8,13H,9-10H2,1-4H3/t13-/m1/s1. The van der Waals surface area contributed by atoms with Crippen molar-refractivity contribution in [1.29, 1.82) is 0 Å². The molecular formula is C14H21ClO3Si. The van der Waals surface area contributed by atoms with Gasteiger partial charge in [-0.15, -0.1) is 0 Å². The third kappa shape index (κ3) is 5.34. The molecule has 0 saturated heterocycles. The SMILES string of the molecule is COC(=O)[C@H](OCC[Si](C)(C)C)c1ccccc1Cl. The van der Waals surface area contributed by atoms with Gasteiger partial charge in [0.15, 0.2) is 6.10 Å². The molecule has 19 heavy (non-hydrogen) atoms. The topological polar surface area (TPSA) is 35.5 Å². The summed E-state index contributed by atoms with van der Waals surface area (Å²) in [5.41, 5.74) is 0.659. The molecule has 1 rings (SSSR count). The summed E-state index contributed by atoms with van der Waals surface area (Å²) in [7, 11) is 0.162. The summed E-state index contributed by atoms with van der Waals surface area (Å²) in [6, 6.07) is 8.18. The number of esters is 1. The maximum Gasteiger partial charge on any atom is 0.339 e. The van der Waals surface area contributed by atoms with Crippen LogP contribution in [0.1, 0.15) is 11.7 Å². The first-order valence-electron chi connectivity index (χ1n) is 6.29. The zero-order valence-electron chi connectivity index (χ0n) is 11.9. The van der Waals surface area contributed by atoms with Crippen molar-refractivity contribution in [2.45, 2.75) is 31.8 Å². The van der Waals surface area contributed by atoms with E-state index in [1.165, 1.54) is 7.11 Å². The molecule has 0 unspecified atom stereocenters. The fourth-order valence-corrected chi connectivity index (χ4v) is 2.53. The molecule has 1 atom stereocenters. The average molecular weight is 301 g/mol. The molecule has 0 fully saturated rings. The lowest BCUT2D eigenvalue weighted by Gasteiger charge is -2.20. The van der Waals surface area contributed by atoms with Gasteiger partial charge >= 0.3 is 5.97 Å². The van der Waals surface area contributed by atoms with Gasteiger partial charge in [-0.3, -0.25) is 0 Å². The van der Waals surface area contributed by atoms with Gasteiger partial charge in [-0.25, -0.2) is 4.79 Å². The van der Waals surface area contributed by atoms with E-state index in [1.54, 1.807) is 12.1 Å². The van der Waals surface area contributed by atoms with Crippen LogP contribution in [0.5, 0.6) is 0 Å². The molecule has 0 aromatic heterocycles. The second kappa shape index (κ2) is 7.08. The normalized spacial score (nSPS) is 13.1. The van der Waals surface area contributed by atoms with Gasteiger partial charge in [0.2, 0.25) is 0 Å². The van der Waals surface area contributed by atoms with Crippen LogP contribution in [0.2, 0.25) is 30.7 Å². The minimum atomic E-state index is -1.19. The number of carbonyl (C=O) groups excluding carboxylic acids is 1. The predicted molar refractivity (Wildman–Crippen MR) is 80.3 cm³/mol. The third-order valence-corrected chi connectivity index (χ3v) is 4.79. The van der Waals surface area contributed by atoms with Crippen LogP contribution in [-0.2, 0) is 14.3 Å². The molecule has 3 nitrogen and oxygen atoms in total. The lowest BCUT2D eigenvalue weighted by Crippen LogP contribution is -2.24. The zero-order valence-corrected chi connectivity index (χ0v) is 13.7. The second-order valence-corrected chi connectivity index (χ2v) is 11.6. The van der Waals surface area contributed by atoms with Crippen molar-refractivity contribution >= 4 is 25.6 Å². The highest BCUT2D eigenvalue weighted by Crippen LogP contribution is 2.27. The van der Waals surface area contributed by atoms with E-state index >= 15 is 0 Å². The number of carbonyl (C=O) groups is 1. The van der Waals surface area contributed by atoms with E-state index in [9.17, 15) is 4.79 Å². The Balaban J connectivity index is 2.79. The van der Waals surface area contributed by atoms with Crippen LogP contribution in [0.15, 0.2) is 24.3 Å². The molecule has 0 aliphatic carbocycles. The molecule has 1 aromatic carbocycles. The van der Waals surface area contributed by atoms with Crippen molar-refractivity contribution in [2.75, 3.05) is 13.7 Å². The Morgan fingerprint density at radius 2 is 1.95 bits per heavy atom. The smallest absolute Gasteiger partial charge is 0.339 e. The Kier molecular flexibility index (Phi) is 6.04. The summed E-state index contributed by atoms with van der Waals surface area (Å²) < 4.78 is 10.5. The Morgan fingerprint density at radius 3 is 2.47 bits per heavy atom. The Labute approximate surface area is 120 Å². The minimum absolute atomic E-state index is 0.413. The number of benzene rings is 1. The molecule has 106 valence electrons. The number of ether oxygens (including phenoxy) is 2. The first-order chi connectivity index (χ1) is 8.85. The molecule has 0 N–H and O–H groups in total. The van der Waals surface area contributed by atoms with Crippen LogP contribution in [0.3, 0.4) is 0 Å². The molecule has 0 spiro atoms. The van der Waals surface area contributed by atoms with Gasteiger partial charge in [0.1, 0.15) is 0 Å². The summed E-state index contributed by atoms with van der Waals surface area (Å²) in [4.78, 5) is 11.8. The second-order valence-electron chi connectivity index (χ2n) is 5.61. The van der Waals surface area contributed by atoms with Crippen molar-refractivity contribution in [3.63, 3.8) is 0 Å². The van der Waals surface area contributed by atoms with Crippen molar-refractivity contribution in [3.05, 3.63) is 34.9 Å². The van der Waals surface area contributed by atoms with Crippen molar-refractivity contribution in [3.8, 4) is 0 Å². The van der Waals surface area contributed by atoms with E-state index in [-0.39, 0.29) is 0 Å².